The fourth-order valence-electron chi connectivity index (χ4n) is 3.93. The highest BCUT2D eigenvalue weighted by Gasteiger charge is 2.32. The van der Waals surface area contributed by atoms with Crippen molar-refractivity contribution in [1.82, 2.24) is 19.6 Å². The van der Waals surface area contributed by atoms with E-state index in [1.165, 1.54) is 18.5 Å². The lowest BCUT2D eigenvalue weighted by Crippen LogP contribution is -2.48. The van der Waals surface area contributed by atoms with Gasteiger partial charge in [0.05, 0.1) is 24.4 Å². The third kappa shape index (κ3) is 3.72. The first-order chi connectivity index (χ1) is 11.6. The number of nitrogens with two attached hydrogens (primary N) is 1. The Labute approximate surface area is 144 Å². The van der Waals surface area contributed by atoms with Gasteiger partial charge in [-0.15, -0.1) is 0 Å². The van der Waals surface area contributed by atoms with Crippen LogP contribution in [-0.4, -0.2) is 71.5 Å². The molecule has 0 aromatic carbocycles. The molecule has 2 saturated heterocycles. The molecule has 0 amide bonds. The molecule has 134 valence electrons. The second-order valence-electron chi connectivity index (χ2n) is 7.03. The van der Waals surface area contributed by atoms with Gasteiger partial charge in [-0.25, -0.2) is 0 Å². The van der Waals surface area contributed by atoms with E-state index in [1.54, 1.807) is 0 Å². The van der Waals surface area contributed by atoms with Crippen molar-refractivity contribution in [2.45, 2.75) is 31.9 Å². The molecule has 1 aromatic heterocycles. The predicted molar refractivity (Wildman–Crippen MR) is 94.8 cm³/mol. The van der Waals surface area contributed by atoms with Crippen LogP contribution in [0.1, 0.15) is 31.5 Å². The summed E-state index contributed by atoms with van der Waals surface area (Å²) in [6.07, 6.45) is 4.48. The molecule has 24 heavy (non-hydrogen) atoms. The summed E-state index contributed by atoms with van der Waals surface area (Å²) in [5, 5.41) is 4.35. The Morgan fingerprint density at radius 2 is 2.25 bits per heavy atom. The molecule has 2 N–H and O–H groups in total. The predicted octanol–water partition coefficient (Wildman–Crippen LogP) is 0.838. The van der Waals surface area contributed by atoms with E-state index in [2.05, 4.69) is 34.9 Å². The third-order valence-electron chi connectivity index (χ3n) is 5.22. The summed E-state index contributed by atoms with van der Waals surface area (Å²) < 4.78 is 7.56. The average Bonchev–Trinajstić information content (AvgIpc) is 2.98. The molecule has 3 heterocycles. The van der Waals surface area contributed by atoms with Crippen LogP contribution >= 0.6 is 0 Å². The van der Waals surface area contributed by atoms with E-state index in [1.807, 2.05) is 17.9 Å². The van der Waals surface area contributed by atoms with Crippen molar-refractivity contribution in [3.8, 4) is 0 Å². The second-order valence-corrected chi connectivity index (χ2v) is 7.03. The highest BCUT2D eigenvalue weighted by molar-refractivity contribution is 5.78. The highest BCUT2D eigenvalue weighted by atomic mass is 16.5. The molecule has 7 heteroatoms. The lowest BCUT2D eigenvalue weighted by Gasteiger charge is -2.39. The van der Waals surface area contributed by atoms with Gasteiger partial charge in [0.1, 0.15) is 0 Å². The summed E-state index contributed by atoms with van der Waals surface area (Å²) >= 11 is 0. The van der Waals surface area contributed by atoms with E-state index in [-0.39, 0.29) is 6.10 Å². The number of guanidine groups is 1. The Morgan fingerprint density at radius 3 is 2.96 bits per heavy atom. The fourth-order valence-corrected chi connectivity index (χ4v) is 3.93. The molecule has 0 aliphatic carbocycles. The van der Waals surface area contributed by atoms with Gasteiger partial charge < -0.3 is 15.4 Å². The van der Waals surface area contributed by atoms with Gasteiger partial charge in [0.25, 0.3) is 0 Å². The number of aliphatic imine (C=N–C) groups is 1. The maximum absolute atomic E-state index is 6.25. The molecule has 0 saturated carbocycles. The number of hydrogen-bond acceptors (Lipinski definition) is 4. The monoisotopic (exact) mass is 334 g/mol. The molecule has 2 aliphatic rings. The topological polar surface area (TPSA) is 71.9 Å². The lowest BCUT2D eigenvalue weighted by atomic mass is 9.87. The van der Waals surface area contributed by atoms with Crippen LogP contribution in [0.3, 0.4) is 0 Å². The van der Waals surface area contributed by atoms with Crippen LogP contribution in [0.15, 0.2) is 17.3 Å². The molecular weight excluding hydrogens is 304 g/mol. The van der Waals surface area contributed by atoms with E-state index in [4.69, 9.17) is 15.5 Å². The molecule has 3 rings (SSSR count). The van der Waals surface area contributed by atoms with E-state index < -0.39 is 0 Å². The lowest BCUT2D eigenvalue weighted by molar-refractivity contribution is 0.00521. The zero-order valence-corrected chi connectivity index (χ0v) is 15.1. The van der Waals surface area contributed by atoms with Crippen LogP contribution in [0.4, 0.5) is 0 Å². The smallest absolute Gasteiger partial charge is 0.191 e. The summed E-state index contributed by atoms with van der Waals surface area (Å²) in [6, 6.07) is 2.47. The van der Waals surface area contributed by atoms with Gasteiger partial charge in [0, 0.05) is 32.9 Å². The van der Waals surface area contributed by atoms with Crippen molar-refractivity contribution in [2.75, 3.05) is 39.8 Å². The van der Waals surface area contributed by atoms with Crippen LogP contribution in [-0.2, 0) is 11.8 Å². The van der Waals surface area contributed by atoms with E-state index >= 15 is 0 Å². The van der Waals surface area contributed by atoms with Gasteiger partial charge in [-0.3, -0.25) is 14.6 Å². The first-order valence-corrected chi connectivity index (χ1v) is 8.91. The fraction of sp³-hybridized carbons (Fsp3) is 0.765. The molecule has 2 aliphatic heterocycles. The Balaban J connectivity index is 1.70. The highest BCUT2D eigenvalue weighted by Crippen LogP contribution is 2.34. The molecule has 7 nitrogen and oxygen atoms in total. The number of piperidine rings is 1. The molecule has 0 bridgehead atoms. The summed E-state index contributed by atoms with van der Waals surface area (Å²) in [4.78, 5) is 9.30. The van der Waals surface area contributed by atoms with Crippen molar-refractivity contribution in [3.63, 3.8) is 0 Å². The standard InChI is InChI=1S/C17H30N6O/c1-13-12-23(9-10-24-13)17(18)19-11-14-5-4-8-21(2)16(14)15-6-7-20-22(15)3/h6-7,13-14,16H,4-5,8-12H2,1-3H3,(H2,18,19)/t13?,14-,16+/m0/s1. The summed E-state index contributed by atoms with van der Waals surface area (Å²) in [5.74, 6) is 1.12. The molecule has 3 atom stereocenters. The number of nitrogens with zero attached hydrogens (tertiary/aromatic N) is 5. The minimum absolute atomic E-state index is 0.218. The minimum Gasteiger partial charge on any atom is -0.375 e. The zero-order valence-electron chi connectivity index (χ0n) is 15.1. The van der Waals surface area contributed by atoms with Crippen molar-refractivity contribution in [2.24, 2.45) is 23.7 Å². The first-order valence-electron chi connectivity index (χ1n) is 8.91. The molecule has 1 aromatic rings. The number of morpholine rings is 1. The molecule has 2 fully saturated rings. The van der Waals surface area contributed by atoms with Gasteiger partial charge in [-0.1, -0.05) is 0 Å². The summed E-state index contributed by atoms with van der Waals surface area (Å²) in [6.45, 7) is 6.33. The summed E-state index contributed by atoms with van der Waals surface area (Å²) in [7, 11) is 4.21. The SMILES string of the molecule is CC1CN(C(N)=NC[C@@H]2CCCN(C)[C@H]2c2ccnn2C)CCO1. The van der Waals surface area contributed by atoms with Crippen molar-refractivity contribution in [3.05, 3.63) is 18.0 Å². The number of aromatic nitrogens is 2. The molecule has 1 unspecified atom stereocenters. The van der Waals surface area contributed by atoms with Crippen LogP contribution in [0, 0.1) is 5.92 Å². The van der Waals surface area contributed by atoms with Gasteiger partial charge in [0.15, 0.2) is 5.96 Å². The van der Waals surface area contributed by atoms with Crippen LogP contribution in [0.25, 0.3) is 0 Å². The number of aryl methyl sites for hydroxylation is 1. The van der Waals surface area contributed by atoms with E-state index in [9.17, 15) is 0 Å². The van der Waals surface area contributed by atoms with Crippen LogP contribution < -0.4 is 5.73 Å². The first kappa shape index (κ1) is 17.2. The number of hydrogen-bond donors (Lipinski definition) is 1. The number of likely N-dealkylation sites (tertiary alicyclic amines) is 1. The van der Waals surface area contributed by atoms with Gasteiger partial charge in [-0.05, 0) is 45.3 Å². The zero-order chi connectivity index (χ0) is 17.1. The average molecular weight is 334 g/mol. The Kier molecular flexibility index (Phi) is 5.40. The molecule has 0 radical (unpaired) electrons. The van der Waals surface area contributed by atoms with E-state index in [0.717, 1.165) is 32.8 Å². The van der Waals surface area contributed by atoms with Crippen LogP contribution in [0.2, 0.25) is 0 Å². The van der Waals surface area contributed by atoms with Crippen molar-refractivity contribution < 1.29 is 4.74 Å². The van der Waals surface area contributed by atoms with Gasteiger partial charge in [-0.2, -0.15) is 5.10 Å². The van der Waals surface area contributed by atoms with Crippen molar-refractivity contribution in [1.29, 1.82) is 0 Å². The molecule has 0 spiro atoms. The number of ether oxygens (including phenoxy) is 1. The van der Waals surface area contributed by atoms with E-state index in [0.29, 0.717) is 17.9 Å². The number of rotatable bonds is 3. The van der Waals surface area contributed by atoms with Gasteiger partial charge in [0.2, 0.25) is 0 Å². The third-order valence-corrected chi connectivity index (χ3v) is 5.22. The molecular formula is C17H30N6O. The Morgan fingerprint density at radius 1 is 1.42 bits per heavy atom. The summed E-state index contributed by atoms with van der Waals surface area (Å²) in [5.41, 5.74) is 7.51. The maximum Gasteiger partial charge on any atom is 0.191 e. The van der Waals surface area contributed by atoms with Crippen molar-refractivity contribution >= 4 is 5.96 Å². The Bertz CT molecular complexity index is 571. The largest absolute Gasteiger partial charge is 0.375 e. The second kappa shape index (κ2) is 7.53. The normalized spacial score (nSPS) is 29.9. The minimum atomic E-state index is 0.218. The quantitative estimate of drug-likeness (QED) is 0.655. The van der Waals surface area contributed by atoms with Crippen LogP contribution in [0.5, 0.6) is 0 Å². The van der Waals surface area contributed by atoms with Gasteiger partial charge >= 0.3 is 0 Å². The maximum atomic E-state index is 6.25. The Hall–Kier alpha value is -1.60.